The minimum atomic E-state index is -1.19. The molecule has 2 N–H and O–H groups in total. The number of anilines is 1. The number of aromatic hydroxyl groups is 1. The molecule has 2 aliphatic heterocycles. The fourth-order valence-corrected chi connectivity index (χ4v) is 5.51. The second-order valence-electron chi connectivity index (χ2n) is 9.91. The molecular formula is C29H31F2N5O2. The normalized spacial score (nSPS) is 20.4. The lowest BCUT2D eigenvalue weighted by atomic mass is 9.88. The minimum Gasteiger partial charge on any atom is -0.508 e. The third kappa shape index (κ3) is 4.88. The predicted molar refractivity (Wildman–Crippen MR) is 145 cm³/mol. The Hall–Kier alpha value is -3.77. The number of ether oxygens (including phenoxy) is 1. The number of hydrogen-bond acceptors (Lipinski definition) is 7. The first-order valence-corrected chi connectivity index (χ1v) is 12.8. The van der Waals surface area contributed by atoms with Crippen molar-refractivity contribution in [2.24, 2.45) is 0 Å². The van der Waals surface area contributed by atoms with Crippen LogP contribution in [0.25, 0.3) is 28.2 Å². The molecule has 9 heteroatoms. The molecule has 2 fully saturated rings. The van der Waals surface area contributed by atoms with Crippen LogP contribution >= 0.6 is 0 Å². The summed E-state index contributed by atoms with van der Waals surface area (Å²) in [6.45, 7) is 6.51. The van der Waals surface area contributed by atoms with Gasteiger partial charge in [-0.25, -0.2) is 8.78 Å². The lowest BCUT2D eigenvalue weighted by molar-refractivity contribution is 0.380. The second-order valence-corrected chi connectivity index (χ2v) is 9.91. The van der Waals surface area contributed by atoms with Gasteiger partial charge in [0, 0.05) is 42.9 Å². The molecule has 2 bridgehead atoms. The van der Waals surface area contributed by atoms with Gasteiger partial charge in [0.15, 0.2) is 5.82 Å². The van der Waals surface area contributed by atoms with Gasteiger partial charge < -0.3 is 20.1 Å². The highest BCUT2D eigenvalue weighted by Gasteiger charge is 2.34. The Labute approximate surface area is 221 Å². The number of nitrogens with zero attached hydrogens (tertiary/aromatic N) is 4. The van der Waals surface area contributed by atoms with Crippen molar-refractivity contribution in [3.05, 3.63) is 41.3 Å². The van der Waals surface area contributed by atoms with Crippen molar-refractivity contribution in [2.75, 3.05) is 25.1 Å². The van der Waals surface area contributed by atoms with Crippen molar-refractivity contribution in [3.63, 3.8) is 0 Å². The van der Waals surface area contributed by atoms with E-state index in [1.54, 1.807) is 19.2 Å². The van der Waals surface area contributed by atoms with Crippen LogP contribution in [0.5, 0.6) is 11.8 Å². The molecule has 0 amide bonds. The number of pyridine rings is 1. The molecular weight excluding hydrogens is 488 g/mol. The highest BCUT2D eigenvalue weighted by Crippen LogP contribution is 2.39. The summed E-state index contributed by atoms with van der Waals surface area (Å²) < 4.78 is 35.4. The maximum Gasteiger partial charge on any atom is 0.318 e. The SMILES string of the molecule is CC#CC(C)c1c(/C=C\C(C)F)cc(O)cc1-c1ncc2c(N3CC4CCC(C3)N4)nc(OC)nc2c1F. The standard InChI is InChI=1S/C29H31F2N5O2/c1-5-6-16(2)24-18(8-7-17(3)30)11-21(37)12-22(24)26-25(31)27-23(13-32-26)28(35-29(34-27)38-4)36-14-19-9-10-20(15-36)33-19/h7-8,11-13,16-17,19-20,33,37H,9-10,14-15H2,1-4H3/b8-7-. The number of piperazine rings is 1. The van der Waals surface area contributed by atoms with E-state index in [0.29, 0.717) is 40.0 Å². The van der Waals surface area contributed by atoms with E-state index in [-0.39, 0.29) is 28.9 Å². The van der Waals surface area contributed by atoms with Gasteiger partial charge in [0.1, 0.15) is 28.9 Å². The van der Waals surface area contributed by atoms with Crippen LogP contribution in [0, 0.1) is 17.7 Å². The first-order valence-electron chi connectivity index (χ1n) is 12.8. The fraction of sp³-hybridized carbons (Fsp3) is 0.414. The summed E-state index contributed by atoms with van der Waals surface area (Å²) in [4.78, 5) is 15.6. The molecule has 7 nitrogen and oxygen atoms in total. The molecule has 4 unspecified atom stereocenters. The first kappa shape index (κ1) is 25.9. The van der Waals surface area contributed by atoms with Gasteiger partial charge in [-0.1, -0.05) is 18.1 Å². The number of phenolic OH excluding ortho intramolecular Hbond substituents is 1. The average molecular weight is 520 g/mol. The zero-order valence-electron chi connectivity index (χ0n) is 21.9. The molecule has 1 aromatic carbocycles. The summed E-state index contributed by atoms with van der Waals surface area (Å²) in [6.07, 6.45) is 5.53. The Balaban J connectivity index is 1.71. The van der Waals surface area contributed by atoms with Gasteiger partial charge in [-0.15, -0.1) is 5.92 Å². The number of halogens is 2. The third-order valence-corrected chi connectivity index (χ3v) is 7.13. The predicted octanol–water partition coefficient (Wildman–Crippen LogP) is 4.98. The molecule has 0 spiro atoms. The van der Waals surface area contributed by atoms with Crippen molar-refractivity contribution in [3.8, 4) is 34.9 Å². The van der Waals surface area contributed by atoms with Crippen LogP contribution in [-0.4, -0.2) is 58.5 Å². The molecule has 198 valence electrons. The number of allylic oxidation sites excluding steroid dienone is 1. The summed E-state index contributed by atoms with van der Waals surface area (Å²) >= 11 is 0. The second kappa shape index (κ2) is 10.5. The van der Waals surface area contributed by atoms with E-state index in [1.165, 1.54) is 32.2 Å². The van der Waals surface area contributed by atoms with E-state index >= 15 is 4.39 Å². The van der Waals surface area contributed by atoms with Gasteiger partial charge in [-0.3, -0.25) is 4.98 Å². The van der Waals surface area contributed by atoms with Gasteiger partial charge in [0.2, 0.25) is 0 Å². The zero-order valence-corrected chi connectivity index (χ0v) is 21.9. The van der Waals surface area contributed by atoms with Gasteiger partial charge in [-0.2, -0.15) is 9.97 Å². The van der Waals surface area contributed by atoms with Crippen LogP contribution < -0.4 is 15.0 Å². The number of benzene rings is 1. The Kier molecular flexibility index (Phi) is 7.17. The maximum atomic E-state index is 16.4. The quantitative estimate of drug-likeness (QED) is 0.444. The number of nitrogens with one attached hydrogen (secondary N) is 1. The number of phenols is 1. The van der Waals surface area contributed by atoms with Crippen LogP contribution in [0.15, 0.2) is 24.4 Å². The van der Waals surface area contributed by atoms with Crippen molar-refractivity contribution in [1.82, 2.24) is 20.3 Å². The van der Waals surface area contributed by atoms with Crippen molar-refractivity contribution < 1.29 is 18.6 Å². The van der Waals surface area contributed by atoms with Gasteiger partial charge in [0.25, 0.3) is 0 Å². The van der Waals surface area contributed by atoms with Crippen molar-refractivity contribution >= 4 is 22.8 Å². The molecule has 38 heavy (non-hydrogen) atoms. The molecule has 4 heterocycles. The molecule has 0 aliphatic carbocycles. The van der Waals surface area contributed by atoms with Gasteiger partial charge in [-0.05, 0) is 56.9 Å². The monoisotopic (exact) mass is 519 g/mol. The molecule has 2 aromatic heterocycles. The Bertz CT molecular complexity index is 1450. The molecule has 2 saturated heterocycles. The fourth-order valence-electron chi connectivity index (χ4n) is 5.51. The average Bonchev–Trinajstić information content (AvgIpc) is 3.23. The molecule has 4 atom stereocenters. The summed E-state index contributed by atoms with van der Waals surface area (Å²) in [5, 5.41) is 14.6. The summed E-state index contributed by atoms with van der Waals surface area (Å²) in [5.74, 6) is 5.49. The Morgan fingerprint density at radius 2 is 1.95 bits per heavy atom. The highest BCUT2D eigenvalue weighted by molar-refractivity contribution is 5.92. The molecule has 2 aliphatic rings. The van der Waals surface area contributed by atoms with Crippen LogP contribution in [-0.2, 0) is 0 Å². The third-order valence-electron chi connectivity index (χ3n) is 7.13. The van der Waals surface area contributed by atoms with E-state index in [4.69, 9.17) is 4.74 Å². The summed E-state index contributed by atoms with van der Waals surface area (Å²) in [6, 6.07) is 3.76. The first-order chi connectivity index (χ1) is 18.3. The van der Waals surface area contributed by atoms with E-state index < -0.39 is 12.0 Å². The van der Waals surface area contributed by atoms with Crippen LogP contribution in [0.1, 0.15) is 50.7 Å². The van der Waals surface area contributed by atoms with Crippen LogP contribution in [0.2, 0.25) is 0 Å². The van der Waals surface area contributed by atoms with Crippen molar-refractivity contribution in [2.45, 2.75) is 57.8 Å². The summed E-state index contributed by atoms with van der Waals surface area (Å²) in [5.41, 5.74) is 1.65. The van der Waals surface area contributed by atoms with Gasteiger partial charge in [0.05, 0.1) is 12.5 Å². The topological polar surface area (TPSA) is 83.4 Å². The molecule has 3 aromatic rings. The van der Waals surface area contributed by atoms with Crippen LogP contribution in [0.4, 0.5) is 14.6 Å². The largest absolute Gasteiger partial charge is 0.508 e. The Morgan fingerprint density at radius 1 is 1.21 bits per heavy atom. The smallest absolute Gasteiger partial charge is 0.318 e. The van der Waals surface area contributed by atoms with E-state index in [1.807, 2.05) is 6.92 Å². The Morgan fingerprint density at radius 3 is 2.61 bits per heavy atom. The number of aromatic nitrogens is 3. The number of methoxy groups -OCH3 is 1. The van der Waals surface area contributed by atoms with E-state index in [9.17, 15) is 9.50 Å². The minimum absolute atomic E-state index is 0.0168. The molecule has 0 saturated carbocycles. The number of fused-ring (bicyclic) bond motifs is 3. The molecule has 5 rings (SSSR count). The number of alkyl halides is 1. The van der Waals surface area contributed by atoms with Crippen molar-refractivity contribution in [1.29, 1.82) is 0 Å². The zero-order chi connectivity index (χ0) is 27.0. The molecule has 0 radical (unpaired) electrons. The number of rotatable bonds is 6. The highest BCUT2D eigenvalue weighted by atomic mass is 19.1. The summed E-state index contributed by atoms with van der Waals surface area (Å²) in [7, 11) is 1.45. The van der Waals surface area contributed by atoms with E-state index in [2.05, 4.69) is 37.0 Å². The lowest BCUT2D eigenvalue weighted by Crippen LogP contribution is -2.51. The number of hydrogen-bond donors (Lipinski definition) is 2. The van der Waals surface area contributed by atoms with Gasteiger partial charge >= 0.3 is 6.01 Å². The van der Waals surface area contributed by atoms with E-state index in [0.717, 1.165) is 25.9 Å². The lowest BCUT2D eigenvalue weighted by Gasteiger charge is -2.34. The van der Waals surface area contributed by atoms with Crippen LogP contribution in [0.3, 0.4) is 0 Å². The maximum absolute atomic E-state index is 16.4.